The van der Waals surface area contributed by atoms with E-state index in [1.165, 1.54) is 7.11 Å². The van der Waals surface area contributed by atoms with Gasteiger partial charge in [-0.15, -0.1) is 0 Å². The molecule has 2 heterocycles. The van der Waals surface area contributed by atoms with Crippen molar-refractivity contribution in [1.29, 1.82) is 0 Å². The molecule has 1 amide bonds. The van der Waals surface area contributed by atoms with Gasteiger partial charge in [0.2, 0.25) is 5.91 Å². The lowest BCUT2D eigenvalue weighted by Crippen LogP contribution is -2.53. The Morgan fingerprint density at radius 1 is 1.00 bits per heavy atom. The number of rotatable bonds is 6. The van der Waals surface area contributed by atoms with E-state index >= 15 is 0 Å². The molecular weight excluding hydrogens is 480 g/mol. The molecular formula is C27H36N2O8. The van der Waals surface area contributed by atoms with E-state index in [2.05, 4.69) is 0 Å². The summed E-state index contributed by atoms with van der Waals surface area (Å²) in [6.45, 7) is 10.2. The highest BCUT2D eigenvalue weighted by atomic mass is 16.6. The fraction of sp³-hybridized carbons (Fsp3) is 0.556. The lowest BCUT2D eigenvalue weighted by molar-refractivity contribution is -0.233. The summed E-state index contributed by atoms with van der Waals surface area (Å²) in [5, 5.41) is 0.745. The van der Waals surface area contributed by atoms with Crippen LogP contribution >= 0.6 is 0 Å². The monoisotopic (exact) mass is 516 g/mol. The molecule has 1 saturated heterocycles. The second kappa shape index (κ2) is 10.5. The van der Waals surface area contributed by atoms with E-state index in [9.17, 15) is 19.2 Å². The molecule has 0 aliphatic carbocycles. The third-order valence-electron chi connectivity index (χ3n) is 6.05. The molecule has 10 nitrogen and oxygen atoms in total. The number of ether oxygens (including phenoxy) is 4. The second-order valence-electron chi connectivity index (χ2n) is 11.3. The van der Waals surface area contributed by atoms with Gasteiger partial charge in [0.1, 0.15) is 6.10 Å². The van der Waals surface area contributed by atoms with E-state index in [4.69, 9.17) is 24.7 Å². The average molecular weight is 517 g/mol. The minimum Gasteiger partial charge on any atom is -0.467 e. The quantitative estimate of drug-likeness (QED) is 0.457. The van der Waals surface area contributed by atoms with Crippen molar-refractivity contribution >= 4 is 34.7 Å². The number of primary amides is 1. The number of fused-ring (bicyclic) bond motifs is 1. The van der Waals surface area contributed by atoms with Crippen LogP contribution in [0.5, 0.6) is 0 Å². The lowest BCUT2D eigenvalue weighted by atomic mass is 9.95. The Morgan fingerprint density at radius 2 is 1.59 bits per heavy atom. The molecule has 1 fully saturated rings. The third kappa shape index (κ3) is 6.30. The molecule has 0 unspecified atom stereocenters. The molecule has 3 rings (SSSR count). The number of nitrogens with zero attached hydrogens (tertiary/aromatic N) is 1. The van der Waals surface area contributed by atoms with Gasteiger partial charge < -0.3 is 29.2 Å². The van der Waals surface area contributed by atoms with E-state index in [-0.39, 0.29) is 12.8 Å². The van der Waals surface area contributed by atoms with Crippen LogP contribution in [0.25, 0.3) is 10.9 Å². The van der Waals surface area contributed by atoms with Crippen molar-refractivity contribution in [3.8, 4) is 0 Å². The largest absolute Gasteiger partial charge is 0.467 e. The SMILES string of the molecule is COC(=O)[C@@H]1C[C@H](OC(=O)C(C)(C)C)[C@H](OC(=O)C(C)(C)C)[C@@H](n2cc(CC(N)=O)c3ccccc32)O1. The molecule has 1 aliphatic rings. The minimum atomic E-state index is -1.10. The molecule has 2 aromatic rings. The smallest absolute Gasteiger partial charge is 0.335 e. The molecule has 0 radical (unpaired) electrons. The number of benzene rings is 1. The number of amides is 1. The van der Waals surface area contributed by atoms with Gasteiger partial charge in [0.25, 0.3) is 0 Å². The molecule has 2 N–H and O–H groups in total. The number of nitrogens with two attached hydrogens (primary N) is 1. The van der Waals surface area contributed by atoms with Gasteiger partial charge in [0.15, 0.2) is 18.4 Å². The first-order chi connectivity index (χ1) is 17.1. The summed E-state index contributed by atoms with van der Waals surface area (Å²) in [5.41, 5.74) is 5.06. The Hall–Kier alpha value is -3.40. The van der Waals surface area contributed by atoms with E-state index in [0.29, 0.717) is 11.1 Å². The molecule has 0 saturated carbocycles. The normalized spacial score (nSPS) is 22.4. The Morgan fingerprint density at radius 3 is 2.16 bits per heavy atom. The number of hydrogen-bond acceptors (Lipinski definition) is 8. The average Bonchev–Trinajstić information content (AvgIpc) is 3.15. The molecule has 1 aliphatic heterocycles. The Bertz CT molecular complexity index is 1190. The predicted molar refractivity (Wildman–Crippen MR) is 134 cm³/mol. The standard InChI is InChI=1S/C27H36N2O8/c1-26(2,3)24(32)36-18-13-19(23(31)34-7)35-22(21(18)37-25(33)27(4,5)6)29-14-15(12-20(28)30)16-10-8-9-11-17(16)29/h8-11,14,18-19,21-22H,12-13H2,1-7H3,(H2,28,30)/t18-,19-,21-,22-/m0/s1. The van der Waals surface area contributed by atoms with Gasteiger partial charge in [0.05, 0.1) is 29.9 Å². The summed E-state index contributed by atoms with van der Waals surface area (Å²) in [7, 11) is 1.23. The summed E-state index contributed by atoms with van der Waals surface area (Å²) in [6.07, 6.45) is -2.71. The zero-order valence-corrected chi connectivity index (χ0v) is 22.4. The number of aromatic nitrogens is 1. The maximum Gasteiger partial charge on any atom is 0.335 e. The fourth-order valence-corrected chi connectivity index (χ4v) is 4.02. The highest BCUT2D eigenvalue weighted by Crippen LogP contribution is 2.38. The number of carbonyl (C=O) groups excluding carboxylic acids is 4. The molecule has 1 aromatic carbocycles. The van der Waals surface area contributed by atoms with E-state index in [1.807, 2.05) is 18.2 Å². The molecule has 0 spiro atoms. The zero-order valence-electron chi connectivity index (χ0n) is 22.4. The molecule has 37 heavy (non-hydrogen) atoms. The van der Waals surface area contributed by atoms with Crippen LogP contribution in [0, 0.1) is 10.8 Å². The minimum absolute atomic E-state index is 0.0322. The summed E-state index contributed by atoms with van der Waals surface area (Å²) in [4.78, 5) is 50.3. The van der Waals surface area contributed by atoms with Crippen molar-refractivity contribution < 1.29 is 38.1 Å². The summed E-state index contributed by atoms with van der Waals surface area (Å²) >= 11 is 0. The van der Waals surface area contributed by atoms with Gasteiger partial charge in [-0.05, 0) is 53.2 Å². The molecule has 202 valence electrons. The Balaban J connectivity index is 2.17. The van der Waals surface area contributed by atoms with Gasteiger partial charge in [-0.1, -0.05) is 18.2 Å². The first-order valence-corrected chi connectivity index (χ1v) is 12.2. The topological polar surface area (TPSA) is 136 Å². The van der Waals surface area contributed by atoms with Crippen molar-refractivity contribution in [3.63, 3.8) is 0 Å². The fourth-order valence-electron chi connectivity index (χ4n) is 4.02. The van der Waals surface area contributed by atoms with E-state index in [0.717, 1.165) is 5.39 Å². The molecule has 10 heteroatoms. The molecule has 0 bridgehead atoms. The van der Waals surface area contributed by atoms with Crippen LogP contribution in [0.4, 0.5) is 0 Å². The van der Waals surface area contributed by atoms with Gasteiger partial charge in [-0.25, -0.2) is 4.79 Å². The van der Waals surface area contributed by atoms with Crippen molar-refractivity contribution in [2.75, 3.05) is 7.11 Å². The highest BCUT2D eigenvalue weighted by molar-refractivity contribution is 5.89. The van der Waals surface area contributed by atoms with Gasteiger partial charge >= 0.3 is 17.9 Å². The van der Waals surface area contributed by atoms with Crippen LogP contribution in [-0.2, 0) is 44.5 Å². The van der Waals surface area contributed by atoms with Crippen LogP contribution in [0.15, 0.2) is 30.5 Å². The van der Waals surface area contributed by atoms with Crippen molar-refractivity contribution in [1.82, 2.24) is 4.57 Å². The van der Waals surface area contributed by atoms with Crippen LogP contribution in [0.1, 0.15) is 59.8 Å². The Kier molecular flexibility index (Phi) is 8.02. The number of carbonyl (C=O) groups is 4. The van der Waals surface area contributed by atoms with Gasteiger partial charge in [0, 0.05) is 18.0 Å². The van der Waals surface area contributed by atoms with Crippen molar-refractivity contribution in [2.24, 2.45) is 16.6 Å². The van der Waals surface area contributed by atoms with Crippen molar-refractivity contribution in [3.05, 3.63) is 36.0 Å². The van der Waals surface area contributed by atoms with Crippen LogP contribution in [0.2, 0.25) is 0 Å². The Labute approximate surface area is 216 Å². The number of methoxy groups -OCH3 is 1. The van der Waals surface area contributed by atoms with E-state index < -0.39 is 59.2 Å². The maximum absolute atomic E-state index is 13.0. The van der Waals surface area contributed by atoms with Crippen LogP contribution < -0.4 is 5.73 Å². The summed E-state index contributed by atoms with van der Waals surface area (Å²) < 4.78 is 24.6. The molecule has 4 atom stereocenters. The first kappa shape index (κ1) is 28.2. The summed E-state index contributed by atoms with van der Waals surface area (Å²) in [6, 6.07) is 7.27. The van der Waals surface area contributed by atoms with Crippen molar-refractivity contribution in [2.45, 2.75) is 78.9 Å². The number of esters is 3. The maximum atomic E-state index is 13.0. The van der Waals surface area contributed by atoms with Gasteiger partial charge in [-0.3, -0.25) is 14.4 Å². The van der Waals surface area contributed by atoms with E-state index in [1.54, 1.807) is 58.4 Å². The first-order valence-electron chi connectivity index (χ1n) is 12.2. The molecule has 1 aromatic heterocycles. The lowest BCUT2D eigenvalue weighted by Gasteiger charge is -2.41. The van der Waals surface area contributed by atoms with Gasteiger partial charge in [-0.2, -0.15) is 0 Å². The predicted octanol–water partition coefficient (Wildman–Crippen LogP) is 3.05. The zero-order chi connectivity index (χ0) is 27.7. The second-order valence-corrected chi connectivity index (χ2v) is 11.3. The summed E-state index contributed by atoms with van der Waals surface area (Å²) in [5.74, 6) is -2.23. The van der Waals surface area contributed by atoms with Crippen LogP contribution in [-0.4, -0.2) is 53.8 Å². The van der Waals surface area contributed by atoms with Crippen LogP contribution in [0.3, 0.4) is 0 Å². The highest BCUT2D eigenvalue weighted by Gasteiger charge is 2.49. The third-order valence-corrected chi connectivity index (χ3v) is 6.05. The number of para-hydroxylation sites is 1. The number of hydrogen-bond donors (Lipinski definition) is 1.